The summed E-state index contributed by atoms with van der Waals surface area (Å²) in [5, 5.41) is 13.2. The van der Waals surface area contributed by atoms with Crippen molar-refractivity contribution in [2.45, 2.75) is 18.2 Å². The minimum Gasteiger partial charge on any atom is -0.478 e. The number of nitrogens with zero attached hydrogens (tertiary/aromatic N) is 2. The van der Waals surface area contributed by atoms with Crippen molar-refractivity contribution in [1.29, 1.82) is 0 Å². The van der Waals surface area contributed by atoms with Gasteiger partial charge in [-0.05, 0) is 37.1 Å². The summed E-state index contributed by atoms with van der Waals surface area (Å²) in [6.07, 6.45) is 2.70. The van der Waals surface area contributed by atoms with Crippen molar-refractivity contribution < 1.29 is 9.90 Å². The Balaban J connectivity index is 1.98. The summed E-state index contributed by atoms with van der Waals surface area (Å²) in [4.78, 5) is 12.0. The first-order valence-corrected chi connectivity index (χ1v) is 7.00. The molecule has 0 atom stereocenters. The summed E-state index contributed by atoms with van der Waals surface area (Å²) in [6, 6.07) is 7.56. The number of carboxylic acid groups (broad SMARTS) is 1. The van der Waals surface area contributed by atoms with Crippen molar-refractivity contribution in [3.05, 3.63) is 47.3 Å². The second-order valence-corrected chi connectivity index (χ2v) is 5.49. The van der Waals surface area contributed by atoms with Crippen LogP contribution in [0.25, 0.3) is 0 Å². The number of hydrogen-bond donors (Lipinski definition) is 1. The molecule has 1 N–H and O–H groups in total. The highest BCUT2D eigenvalue weighted by Gasteiger charge is 2.08. The lowest BCUT2D eigenvalue weighted by Gasteiger charge is -2.06. The van der Waals surface area contributed by atoms with E-state index in [1.165, 1.54) is 5.69 Å². The van der Waals surface area contributed by atoms with Crippen LogP contribution in [0.3, 0.4) is 0 Å². The molecule has 0 fully saturated rings. The van der Waals surface area contributed by atoms with Gasteiger partial charge in [0.25, 0.3) is 0 Å². The quantitative estimate of drug-likeness (QED) is 0.853. The van der Waals surface area contributed by atoms with E-state index in [4.69, 9.17) is 5.11 Å². The molecule has 0 aliphatic carbocycles. The van der Waals surface area contributed by atoms with E-state index >= 15 is 0 Å². The number of thioether (sulfide) groups is 1. The standard InChI is InChI=1S/C14H16N2O2S/c1-10-3-4-12(9-13(10)14(17)18)19-8-6-11-5-7-15-16(11)2/h3-5,7,9H,6,8H2,1-2H3,(H,17,18). The molecule has 5 heteroatoms. The van der Waals surface area contributed by atoms with E-state index in [0.717, 1.165) is 22.6 Å². The Labute approximate surface area is 116 Å². The highest BCUT2D eigenvalue weighted by molar-refractivity contribution is 7.99. The van der Waals surface area contributed by atoms with Crippen molar-refractivity contribution in [3.8, 4) is 0 Å². The van der Waals surface area contributed by atoms with Crippen LogP contribution < -0.4 is 0 Å². The second kappa shape index (κ2) is 5.93. The number of aryl methyl sites for hydroxylation is 3. The molecule has 19 heavy (non-hydrogen) atoms. The van der Waals surface area contributed by atoms with Gasteiger partial charge >= 0.3 is 5.97 Å². The zero-order valence-electron chi connectivity index (χ0n) is 11.0. The van der Waals surface area contributed by atoms with E-state index in [0.29, 0.717) is 5.56 Å². The molecule has 1 heterocycles. The van der Waals surface area contributed by atoms with Crippen molar-refractivity contribution in [2.75, 3.05) is 5.75 Å². The molecule has 100 valence electrons. The van der Waals surface area contributed by atoms with Crippen LogP contribution in [-0.4, -0.2) is 26.6 Å². The lowest BCUT2D eigenvalue weighted by atomic mass is 10.1. The first kappa shape index (κ1) is 13.7. The van der Waals surface area contributed by atoms with E-state index in [1.54, 1.807) is 24.0 Å². The summed E-state index contributed by atoms with van der Waals surface area (Å²) < 4.78 is 1.86. The average Bonchev–Trinajstić information content (AvgIpc) is 2.77. The van der Waals surface area contributed by atoms with E-state index < -0.39 is 5.97 Å². The Morgan fingerprint density at radius 3 is 2.84 bits per heavy atom. The zero-order chi connectivity index (χ0) is 13.8. The Morgan fingerprint density at radius 2 is 2.21 bits per heavy atom. The Morgan fingerprint density at radius 1 is 1.42 bits per heavy atom. The molecule has 0 radical (unpaired) electrons. The van der Waals surface area contributed by atoms with E-state index in [1.807, 2.05) is 36.9 Å². The predicted molar refractivity (Wildman–Crippen MR) is 75.8 cm³/mol. The molecule has 0 bridgehead atoms. The zero-order valence-corrected chi connectivity index (χ0v) is 11.8. The number of aromatic nitrogens is 2. The minimum absolute atomic E-state index is 0.380. The molecule has 1 aromatic heterocycles. The van der Waals surface area contributed by atoms with Crippen molar-refractivity contribution >= 4 is 17.7 Å². The van der Waals surface area contributed by atoms with Crippen LogP contribution in [0, 0.1) is 6.92 Å². The van der Waals surface area contributed by atoms with Gasteiger partial charge < -0.3 is 5.11 Å². The lowest BCUT2D eigenvalue weighted by molar-refractivity contribution is 0.0696. The number of rotatable bonds is 5. The molecule has 0 spiro atoms. The van der Waals surface area contributed by atoms with Gasteiger partial charge in [-0.25, -0.2) is 4.79 Å². The molecule has 4 nitrogen and oxygen atoms in total. The van der Waals surface area contributed by atoms with E-state index in [9.17, 15) is 4.79 Å². The van der Waals surface area contributed by atoms with Gasteiger partial charge in [0.1, 0.15) is 0 Å². The number of carboxylic acids is 1. The molecule has 0 saturated heterocycles. The lowest BCUT2D eigenvalue weighted by Crippen LogP contribution is -2.01. The molecule has 0 unspecified atom stereocenters. The van der Waals surface area contributed by atoms with Crippen LogP contribution >= 0.6 is 11.8 Å². The summed E-state index contributed by atoms with van der Waals surface area (Å²) in [5.41, 5.74) is 2.35. The maximum absolute atomic E-state index is 11.1. The minimum atomic E-state index is -0.869. The molecule has 0 amide bonds. The number of benzene rings is 1. The number of carbonyl (C=O) groups is 1. The number of aromatic carboxylic acids is 1. The molecule has 0 aliphatic rings. The van der Waals surface area contributed by atoms with Gasteiger partial charge in [0.15, 0.2) is 0 Å². The molecular formula is C14H16N2O2S. The first-order valence-electron chi connectivity index (χ1n) is 6.01. The predicted octanol–water partition coefficient (Wildman–Crippen LogP) is 2.76. The van der Waals surface area contributed by atoms with Gasteiger partial charge in [0.05, 0.1) is 5.56 Å². The SMILES string of the molecule is Cc1ccc(SCCc2ccnn2C)cc1C(=O)O. The Bertz CT molecular complexity index is 593. The Kier molecular flexibility index (Phi) is 4.27. The summed E-state index contributed by atoms with van der Waals surface area (Å²) in [5.74, 6) is 0.0355. The van der Waals surface area contributed by atoms with Gasteiger partial charge in [-0.15, -0.1) is 11.8 Å². The summed E-state index contributed by atoms with van der Waals surface area (Å²) in [6.45, 7) is 1.81. The van der Waals surface area contributed by atoms with Crippen LogP contribution in [0.15, 0.2) is 35.4 Å². The molecular weight excluding hydrogens is 260 g/mol. The average molecular weight is 276 g/mol. The van der Waals surface area contributed by atoms with Gasteiger partial charge in [-0.2, -0.15) is 5.10 Å². The fourth-order valence-electron chi connectivity index (χ4n) is 1.84. The van der Waals surface area contributed by atoms with Crippen LogP contribution in [0.2, 0.25) is 0 Å². The van der Waals surface area contributed by atoms with Gasteiger partial charge in [0, 0.05) is 29.6 Å². The molecule has 1 aromatic carbocycles. The normalized spacial score (nSPS) is 10.6. The summed E-state index contributed by atoms with van der Waals surface area (Å²) in [7, 11) is 1.93. The van der Waals surface area contributed by atoms with Crippen LogP contribution in [0.5, 0.6) is 0 Å². The fraction of sp³-hybridized carbons (Fsp3) is 0.286. The maximum Gasteiger partial charge on any atom is 0.335 e. The highest BCUT2D eigenvalue weighted by atomic mass is 32.2. The van der Waals surface area contributed by atoms with Crippen molar-refractivity contribution in [2.24, 2.45) is 7.05 Å². The van der Waals surface area contributed by atoms with Gasteiger partial charge in [0.2, 0.25) is 0 Å². The van der Waals surface area contributed by atoms with Gasteiger partial charge in [-0.3, -0.25) is 4.68 Å². The molecule has 0 aliphatic heterocycles. The number of hydrogen-bond acceptors (Lipinski definition) is 3. The fourth-order valence-corrected chi connectivity index (χ4v) is 2.75. The third-order valence-corrected chi connectivity index (χ3v) is 3.98. The monoisotopic (exact) mass is 276 g/mol. The second-order valence-electron chi connectivity index (χ2n) is 4.33. The van der Waals surface area contributed by atoms with Crippen LogP contribution in [0.1, 0.15) is 21.6 Å². The van der Waals surface area contributed by atoms with Gasteiger partial charge in [-0.1, -0.05) is 6.07 Å². The van der Waals surface area contributed by atoms with Crippen LogP contribution in [-0.2, 0) is 13.5 Å². The third kappa shape index (κ3) is 3.38. The third-order valence-electron chi connectivity index (χ3n) is 2.99. The molecule has 2 aromatic rings. The molecule has 2 rings (SSSR count). The van der Waals surface area contributed by atoms with Crippen molar-refractivity contribution in [3.63, 3.8) is 0 Å². The highest BCUT2D eigenvalue weighted by Crippen LogP contribution is 2.22. The largest absolute Gasteiger partial charge is 0.478 e. The van der Waals surface area contributed by atoms with Crippen LogP contribution in [0.4, 0.5) is 0 Å². The molecule has 0 saturated carbocycles. The topological polar surface area (TPSA) is 55.1 Å². The summed E-state index contributed by atoms with van der Waals surface area (Å²) >= 11 is 1.66. The Hall–Kier alpha value is -1.75. The van der Waals surface area contributed by atoms with Crippen molar-refractivity contribution in [1.82, 2.24) is 9.78 Å². The van der Waals surface area contributed by atoms with E-state index in [-0.39, 0.29) is 0 Å². The first-order chi connectivity index (χ1) is 9.08. The maximum atomic E-state index is 11.1. The smallest absolute Gasteiger partial charge is 0.335 e. The van der Waals surface area contributed by atoms with E-state index in [2.05, 4.69) is 5.10 Å².